The molecule has 0 aliphatic carbocycles. The van der Waals surface area contributed by atoms with E-state index in [1.165, 1.54) is 12.1 Å². The van der Waals surface area contributed by atoms with E-state index < -0.39 is 12.0 Å². The Bertz CT molecular complexity index is 296. The van der Waals surface area contributed by atoms with Gasteiger partial charge in [-0.15, -0.1) is 0 Å². The number of aliphatic hydroxyl groups is 1. The Morgan fingerprint density at radius 2 is 2.08 bits per heavy atom. The summed E-state index contributed by atoms with van der Waals surface area (Å²) in [6.07, 6.45) is -1.75. The number of rotatable bonds is 2. The number of benzene rings is 1. The molecule has 72 valence electrons. The summed E-state index contributed by atoms with van der Waals surface area (Å²) in [6.45, 7) is 0.693. The van der Waals surface area contributed by atoms with Crippen LogP contribution in [0.1, 0.15) is 18.6 Å². The SMILES string of the molecule is CC(F)(F)C(O)c1cccc(Br)c1. The highest BCUT2D eigenvalue weighted by molar-refractivity contribution is 9.10. The number of halogens is 3. The van der Waals surface area contributed by atoms with E-state index in [-0.39, 0.29) is 5.56 Å². The van der Waals surface area contributed by atoms with Gasteiger partial charge in [-0.3, -0.25) is 0 Å². The van der Waals surface area contributed by atoms with Crippen molar-refractivity contribution in [3.05, 3.63) is 34.3 Å². The summed E-state index contributed by atoms with van der Waals surface area (Å²) >= 11 is 3.14. The molecule has 1 aromatic rings. The normalized spacial score (nSPS) is 14.2. The summed E-state index contributed by atoms with van der Waals surface area (Å²) in [7, 11) is 0. The smallest absolute Gasteiger partial charge is 0.274 e. The first-order valence-electron chi connectivity index (χ1n) is 3.72. The van der Waals surface area contributed by atoms with E-state index in [0.717, 1.165) is 0 Å². The van der Waals surface area contributed by atoms with Crippen molar-refractivity contribution in [1.29, 1.82) is 0 Å². The van der Waals surface area contributed by atoms with Crippen LogP contribution in [0.3, 0.4) is 0 Å². The number of aliphatic hydroxyl groups excluding tert-OH is 1. The van der Waals surface area contributed by atoms with E-state index in [0.29, 0.717) is 11.4 Å². The molecule has 0 heterocycles. The van der Waals surface area contributed by atoms with Gasteiger partial charge in [-0.2, -0.15) is 0 Å². The molecule has 1 unspecified atom stereocenters. The van der Waals surface area contributed by atoms with Crippen LogP contribution >= 0.6 is 15.9 Å². The van der Waals surface area contributed by atoms with E-state index in [4.69, 9.17) is 0 Å². The highest BCUT2D eigenvalue weighted by Gasteiger charge is 2.33. The molecule has 0 spiro atoms. The van der Waals surface area contributed by atoms with E-state index in [2.05, 4.69) is 15.9 Å². The van der Waals surface area contributed by atoms with E-state index in [9.17, 15) is 13.9 Å². The fraction of sp³-hybridized carbons (Fsp3) is 0.333. The fourth-order valence-electron chi connectivity index (χ4n) is 0.969. The van der Waals surface area contributed by atoms with Crippen LogP contribution in [0.25, 0.3) is 0 Å². The Morgan fingerprint density at radius 1 is 1.46 bits per heavy atom. The molecule has 1 nitrogen and oxygen atoms in total. The van der Waals surface area contributed by atoms with Crippen LogP contribution in [0, 0.1) is 0 Å². The van der Waals surface area contributed by atoms with Gasteiger partial charge in [0.15, 0.2) is 0 Å². The van der Waals surface area contributed by atoms with Gasteiger partial charge in [0.05, 0.1) is 0 Å². The maximum Gasteiger partial charge on any atom is 0.274 e. The van der Waals surface area contributed by atoms with Gasteiger partial charge in [-0.1, -0.05) is 28.1 Å². The lowest BCUT2D eigenvalue weighted by atomic mass is 10.1. The van der Waals surface area contributed by atoms with E-state index >= 15 is 0 Å². The molecule has 0 saturated carbocycles. The number of hydrogen-bond donors (Lipinski definition) is 1. The van der Waals surface area contributed by atoms with Crippen LogP contribution < -0.4 is 0 Å². The predicted molar refractivity (Wildman–Crippen MR) is 49.7 cm³/mol. The first-order valence-corrected chi connectivity index (χ1v) is 4.52. The van der Waals surface area contributed by atoms with E-state index in [1.54, 1.807) is 12.1 Å². The van der Waals surface area contributed by atoms with Crippen molar-refractivity contribution in [1.82, 2.24) is 0 Å². The second-order valence-corrected chi connectivity index (χ2v) is 3.83. The average molecular weight is 251 g/mol. The van der Waals surface area contributed by atoms with Crippen LogP contribution in [0.15, 0.2) is 28.7 Å². The topological polar surface area (TPSA) is 20.2 Å². The van der Waals surface area contributed by atoms with Gasteiger partial charge in [0.1, 0.15) is 6.10 Å². The molecule has 1 atom stereocenters. The van der Waals surface area contributed by atoms with Gasteiger partial charge in [-0.05, 0) is 17.7 Å². The van der Waals surface area contributed by atoms with Gasteiger partial charge in [0.25, 0.3) is 5.92 Å². The molecule has 1 rings (SSSR count). The molecule has 0 aliphatic heterocycles. The monoisotopic (exact) mass is 250 g/mol. The average Bonchev–Trinajstić information content (AvgIpc) is 2.01. The number of hydrogen-bond acceptors (Lipinski definition) is 1. The third-order valence-electron chi connectivity index (χ3n) is 1.64. The second kappa shape index (κ2) is 3.72. The largest absolute Gasteiger partial charge is 0.382 e. The molecule has 0 fully saturated rings. The van der Waals surface area contributed by atoms with Crippen LogP contribution in [0.2, 0.25) is 0 Å². The summed E-state index contributed by atoms with van der Waals surface area (Å²) in [5, 5.41) is 9.21. The van der Waals surface area contributed by atoms with Crippen LogP contribution in [-0.2, 0) is 0 Å². The summed E-state index contributed by atoms with van der Waals surface area (Å²) in [5.74, 6) is -3.11. The minimum Gasteiger partial charge on any atom is -0.382 e. The summed E-state index contributed by atoms with van der Waals surface area (Å²) in [6, 6.07) is 6.26. The fourth-order valence-corrected chi connectivity index (χ4v) is 1.39. The van der Waals surface area contributed by atoms with Crippen molar-refractivity contribution in [3.8, 4) is 0 Å². The maximum atomic E-state index is 12.7. The molecule has 4 heteroatoms. The van der Waals surface area contributed by atoms with Crippen molar-refractivity contribution >= 4 is 15.9 Å². The quantitative estimate of drug-likeness (QED) is 0.856. The Kier molecular flexibility index (Phi) is 3.03. The van der Waals surface area contributed by atoms with Gasteiger partial charge < -0.3 is 5.11 Å². The molecule has 0 amide bonds. The van der Waals surface area contributed by atoms with Crippen LogP contribution in [0.5, 0.6) is 0 Å². The standard InChI is InChI=1S/C9H9BrF2O/c1-9(11,12)8(13)6-3-2-4-7(10)5-6/h2-5,8,13H,1H3. The third kappa shape index (κ3) is 2.74. The lowest BCUT2D eigenvalue weighted by Crippen LogP contribution is -2.21. The molecule has 0 bridgehead atoms. The Labute approximate surface area is 83.5 Å². The minimum absolute atomic E-state index is 0.210. The lowest BCUT2D eigenvalue weighted by Gasteiger charge is -2.18. The third-order valence-corrected chi connectivity index (χ3v) is 2.14. The van der Waals surface area contributed by atoms with Crippen molar-refractivity contribution in [2.45, 2.75) is 19.0 Å². The van der Waals surface area contributed by atoms with E-state index in [1.807, 2.05) is 0 Å². The van der Waals surface area contributed by atoms with Gasteiger partial charge >= 0.3 is 0 Å². The predicted octanol–water partition coefficient (Wildman–Crippen LogP) is 3.14. The minimum atomic E-state index is -3.11. The second-order valence-electron chi connectivity index (χ2n) is 2.91. The molecule has 1 aromatic carbocycles. The van der Waals surface area contributed by atoms with Crippen molar-refractivity contribution in [2.24, 2.45) is 0 Å². The molecule has 0 aliphatic rings. The first kappa shape index (κ1) is 10.6. The highest BCUT2D eigenvalue weighted by atomic mass is 79.9. The Hall–Kier alpha value is -0.480. The maximum absolute atomic E-state index is 12.7. The zero-order valence-electron chi connectivity index (χ0n) is 6.97. The summed E-state index contributed by atoms with van der Waals surface area (Å²) < 4.78 is 26.0. The van der Waals surface area contributed by atoms with Gasteiger partial charge in [-0.25, -0.2) is 8.78 Å². The molecule has 0 radical (unpaired) electrons. The first-order chi connectivity index (χ1) is 5.91. The zero-order chi connectivity index (χ0) is 10.1. The van der Waals surface area contributed by atoms with Crippen molar-refractivity contribution in [2.75, 3.05) is 0 Å². The summed E-state index contributed by atoms with van der Waals surface area (Å²) in [5.41, 5.74) is 0.210. The number of alkyl halides is 2. The lowest BCUT2D eigenvalue weighted by molar-refractivity contribution is -0.0954. The Balaban J connectivity index is 2.96. The van der Waals surface area contributed by atoms with Crippen LogP contribution in [-0.4, -0.2) is 11.0 Å². The highest BCUT2D eigenvalue weighted by Crippen LogP contribution is 2.31. The van der Waals surface area contributed by atoms with Crippen LogP contribution in [0.4, 0.5) is 8.78 Å². The van der Waals surface area contributed by atoms with Crippen molar-refractivity contribution in [3.63, 3.8) is 0 Å². The van der Waals surface area contributed by atoms with Gasteiger partial charge in [0, 0.05) is 11.4 Å². The Morgan fingerprint density at radius 3 is 2.54 bits per heavy atom. The molecule has 0 aromatic heterocycles. The molecular formula is C9H9BrF2O. The summed E-state index contributed by atoms with van der Waals surface area (Å²) in [4.78, 5) is 0. The molecule has 1 N–H and O–H groups in total. The molecule has 0 saturated heterocycles. The molecular weight excluding hydrogens is 242 g/mol. The van der Waals surface area contributed by atoms with Gasteiger partial charge in [0.2, 0.25) is 0 Å². The zero-order valence-corrected chi connectivity index (χ0v) is 8.55. The molecule has 13 heavy (non-hydrogen) atoms. The van der Waals surface area contributed by atoms with Crippen molar-refractivity contribution < 1.29 is 13.9 Å².